The molecule has 1 aromatic carbocycles. The van der Waals surface area contributed by atoms with Gasteiger partial charge >= 0.3 is 0 Å². The molecule has 148 valence electrons. The Morgan fingerprint density at radius 1 is 1.19 bits per heavy atom. The Balaban J connectivity index is 1.57. The number of hydrogen-bond acceptors (Lipinski definition) is 6. The molecule has 2 heterocycles. The van der Waals surface area contributed by atoms with E-state index in [0.717, 1.165) is 6.54 Å². The van der Waals surface area contributed by atoms with Crippen molar-refractivity contribution < 1.29 is 22.1 Å². The highest BCUT2D eigenvalue weighted by molar-refractivity contribution is 7.89. The number of aryl methyl sites for hydroxylation is 2. The van der Waals surface area contributed by atoms with Gasteiger partial charge in [-0.25, -0.2) is 12.8 Å². The van der Waals surface area contributed by atoms with Crippen LogP contribution in [0.5, 0.6) is 5.75 Å². The average Bonchev–Trinajstić information content (AvgIpc) is 2.83. The van der Waals surface area contributed by atoms with Crippen LogP contribution in [0.3, 0.4) is 0 Å². The minimum absolute atomic E-state index is 0.166. The first-order chi connectivity index (χ1) is 12.9. The number of hydrogen-bond donors (Lipinski definition) is 0. The third-order valence-electron chi connectivity index (χ3n) is 4.61. The van der Waals surface area contributed by atoms with Gasteiger partial charge in [0, 0.05) is 26.2 Å². The first-order valence-corrected chi connectivity index (χ1v) is 10.4. The van der Waals surface area contributed by atoms with E-state index in [4.69, 9.17) is 9.26 Å². The maximum absolute atomic E-state index is 13.6. The molecule has 0 amide bonds. The Bertz CT molecular complexity index is 865. The molecule has 1 aliphatic rings. The summed E-state index contributed by atoms with van der Waals surface area (Å²) in [5.41, 5.74) is 0.381. The molecular weight excluding hydrogens is 373 g/mol. The van der Waals surface area contributed by atoms with Gasteiger partial charge in [0.05, 0.1) is 0 Å². The van der Waals surface area contributed by atoms with Crippen molar-refractivity contribution in [2.24, 2.45) is 0 Å². The molecule has 1 saturated heterocycles. The lowest BCUT2D eigenvalue weighted by atomic mass is 10.3. The van der Waals surface area contributed by atoms with Gasteiger partial charge in [-0.3, -0.25) is 4.90 Å². The predicted octanol–water partition coefficient (Wildman–Crippen LogP) is 2.21. The average molecular weight is 397 g/mol. The van der Waals surface area contributed by atoms with Crippen LogP contribution >= 0.6 is 0 Å². The fraction of sp³-hybridized carbons (Fsp3) is 0.500. The Hall–Kier alpha value is -1.97. The summed E-state index contributed by atoms with van der Waals surface area (Å²) >= 11 is 0. The zero-order valence-electron chi connectivity index (χ0n) is 15.5. The van der Waals surface area contributed by atoms with Gasteiger partial charge in [-0.2, -0.15) is 4.31 Å². The van der Waals surface area contributed by atoms with Crippen LogP contribution in [0.15, 0.2) is 33.7 Å². The summed E-state index contributed by atoms with van der Waals surface area (Å²) in [5, 5.41) is 3.75. The molecule has 0 atom stereocenters. The molecule has 1 aromatic heterocycles. The zero-order chi connectivity index (χ0) is 19.4. The number of aromatic nitrogens is 1. The van der Waals surface area contributed by atoms with E-state index in [2.05, 4.69) is 10.1 Å². The van der Waals surface area contributed by atoms with Crippen molar-refractivity contribution in [2.45, 2.75) is 25.2 Å². The second-order valence-electron chi connectivity index (χ2n) is 6.53. The summed E-state index contributed by atoms with van der Waals surface area (Å²) < 4.78 is 51.4. The lowest BCUT2D eigenvalue weighted by Crippen LogP contribution is -2.36. The van der Waals surface area contributed by atoms with Crippen molar-refractivity contribution in [1.82, 2.24) is 14.4 Å². The normalized spacial score (nSPS) is 17.0. The number of nitrogens with zero attached hydrogens (tertiary/aromatic N) is 3. The summed E-state index contributed by atoms with van der Waals surface area (Å²) in [7, 11) is -3.63. The molecule has 1 fully saturated rings. The minimum Gasteiger partial charge on any atom is -0.489 e. The van der Waals surface area contributed by atoms with Crippen molar-refractivity contribution in [2.75, 3.05) is 39.3 Å². The highest BCUT2D eigenvalue weighted by Crippen LogP contribution is 2.24. The first kappa shape index (κ1) is 19.8. The van der Waals surface area contributed by atoms with Gasteiger partial charge in [0.25, 0.3) is 0 Å². The van der Waals surface area contributed by atoms with E-state index < -0.39 is 10.0 Å². The maximum atomic E-state index is 13.6. The standard InChI is InChI=1S/C18H24FN3O4S/c1-14-18(15(2)26-20-14)27(23,24)22-9-5-8-21(10-11-22)12-13-25-17-7-4-3-6-16(17)19/h3-4,6-7H,5,8-13H2,1-2H3. The monoisotopic (exact) mass is 397 g/mol. The molecule has 0 aliphatic carbocycles. The summed E-state index contributed by atoms with van der Waals surface area (Å²) in [6.45, 7) is 6.36. The van der Waals surface area contributed by atoms with E-state index in [1.807, 2.05) is 0 Å². The van der Waals surface area contributed by atoms with E-state index in [-0.39, 0.29) is 16.5 Å². The number of benzene rings is 1. The molecule has 0 bridgehead atoms. The molecule has 0 radical (unpaired) electrons. The minimum atomic E-state index is -3.63. The SMILES string of the molecule is Cc1noc(C)c1S(=O)(=O)N1CCCN(CCOc2ccccc2F)CC1. The van der Waals surface area contributed by atoms with Crippen LogP contribution < -0.4 is 4.74 Å². The van der Waals surface area contributed by atoms with Gasteiger partial charge in [-0.15, -0.1) is 0 Å². The molecule has 0 saturated carbocycles. The second-order valence-corrected chi connectivity index (χ2v) is 8.41. The predicted molar refractivity (Wildman–Crippen MR) is 97.7 cm³/mol. The molecule has 3 rings (SSSR count). The molecule has 9 heteroatoms. The topological polar surface area (TPSA) is 75.9 Å². The zero-order valence-corrected chi connectivity index (χ0v) is 16.3. The van der Waals surface area contributed by atoms with Crippen molar-refractivity contribution in [1.29, 1.82) is 0 Å². The summed E-state index contributed by atoms with van der Waals surface area (Å²) in [6, 6.07) is 6.29. The van der Waals surface area contributed by atoms with E-state index in [9.17, 15) is 12.8 Å². The second kappa shape index (κ2) is 8.37. The molecule has 1 aliphatic heterocycles. The Labute approximate surface area is 158 Å². The van der Waals surface area contributed by atoms with E-state index in [1.54, 1.807) is 32.0 Å². The van der Waals surface area contributed by atoms with Crippen LogP contribution in [0.2, 0.25) is 0 Å². The molecule has 0 spiro atoms. The lowest BCUT2D eigenvalue weighted by molar-refractivity contribution is 0.210. The third-order valence-corrected chi connectivity index (χ3v) is 6.76. The van der Waals surface area contributed by atoms with Gasteiger partial charge in [0.1, 0.15) is 17.2 Å². The van der Waals surface area contributed by atoms with E-state index in [0.29, 0.717) is 50.7 Å². The summed E-state index contributed by atoms with van der Waals surface area (Å²) in [5.74, 6) is 0.159. The first-order valence-electron chi connectivity index (χ1n) is 8.92. The molecule has 0 unspecified atom stereocenters. The van der Waals surface area contributed by atoms with Crippen molar-refractivity contribution in [3.63, 3.8) is 0 Å². The van der Waals surface area contributed by atoms with Crippen LogP contribution in [-0.4, -0.2) is 62.1 Å². The van der Waals surface area contributed by atoms with Gasteiger partial charge < -0.3 is 9.26 Å². The van der Waals surface area contributed by atoms with Crippen molar-refractivity contribution in [3.8, 4) is 5.75 Å². The van der Waals surface area contributed by atoms with Crippen LogP contribution in [-0.2, 0) is 10.0 Å². The summed E-state index contributed by atoms with van der Waals surface area (Å²) in [4.78, 5) is 2.29. The molecule has 7 nitrogen and oxygen atoms in total. The number of sulfonamides is 1. The van der Waals surface area contributed by atoms with Crippen LogP contribution in [0.4, 0.5) is 4.39 Å². The highest BCUT2D eigenvalue weighted by atomic mass is 32.2. The third kappa shape index (κ3) is 4.48. The van der Waals surface area contributed by atoms with Crippen molar-refractivity contribution >= 4 is 10.0 Å². The van der Waals surface area contributed by atoms with Crippen LogP contribution in [0.25, 0.3) is 0 Å². The molecular formula is C18H24FN3O4S. The Morgan fingerprint density at radius 2 is 1.96 bits per heavy atom. The van der Waals surface area contributed by atoms with Gasteiger partial charge in [-0.1, -0.05) is 17.3 Å². The summed E-state index contributed by atoms with van der Waals surface area (Å²) in [6.07, 6.45) is 0.711. The van der Waals surface area contributed by atoms with E-state index in [1.165, 1.54) is 10.4 Å². The molecule has 2 aromatic rings. The van der Waals surface area contributed by atoms with Gasteiger partial charge in [0.2, 0.25) is 10.0 Å². The van der Waals surface area contributed by atoms with Crippen molar-refractivity contribution in [3.05, 3.63) is 41.5 Å². The Kier molecular flexibility index (Phi) is 6.13. The smallest absolute Gasteiger partial charge is 0.248 e. The van der Waals surface area contributed by atoms with Gasteiger partial charge in [0.15, 0.2) is 17.3 Å². The number of para-hydroxylation sites is 1. The van der Waals surface area contributed by atoms with Crippen LogP contribution in [0, 0.1) is 19.7 Å². The van der Waals surface area contributed by atoms with E-state index >= 15 is 0 Å². The Morgan fingerprint density at radius 3 is 2.67 bits per heavy atom. The fourth-order valence-electron chi connectivity index (χ4n) is 3.23. The molecule has 27 heavy (non-hydrogen) atoms. The van der Waals surface area contributed by atoms with Gasteiger partial charge in [-0.05, 0) is 38.9 Å². The fourth-order valence-corrected chi connectivity index (χ4v) is 4.99. The maximum Gasteiger partial charge on any atom is 0.248 e. The number of rotatable bonds is 6. The number of ether oxygens (including phenoxy) is 1. The molecule has 0 N–H and O–H groups in total. The largest absolute Gasteiger partial charge is 0.489 e. The van der Waals surface area contributed by atoms with Crippen LogP contribution in [0.1, 0.15) is 17.9 Å². The quantitative estimate of drug-likeness (QED) is 0.744. The highest BCUT2D eigenvalue weighted by Gasteiger charge is 2.32. The lowest BCUT2D eigenvalue weighted by Gasteiger charge is -2.21. The number of halogens is 1.